The van der Waals surface area contributed by atoms with Gasteiger partial charge in [0.15, 0.2) is 0 Å². The predicted molar refractivity (Wildman–Crippen MR) is 402 cm³/mol. The van der Waals surface area contributed by atoms with E-state index in [4.69, 9.17) is 56.8 Å². The summed E-state index contributed by atoms with van der Waals surface area (Å²) in [5.41, 5.74) is 6.40. The molecule has 0 aliphatic carbocycles. The smallest absolute Gasteiger partial charge is 0.362 e. The van der Waals surface area contributed by atoms with Gasteiger partial charge in [0.05, 0.1) is 50.7 Å². The van der Waals surface area contributed by atoms with Crippen molar-refractivity contribution >= 4 is 78.7 Å². The number of amides is 4. The molecular formula is C86H82N2O18. The maximum atomic E-state index is 16.3. The average Bonchev–Trinajstić information content (AvgIpc) is 0.671. The van der Waals surface area contributed by atoms with Gasteiger partial charge >= 0.3 is 11.9 Å². The first-order valence-corrected chi connectivity index (χ1v) is 34.9. The second-order valence-electron chi connectivity index (χ2n) is 27.9. The number of rotatable bonds is 24. The quantitative estimate of drug-likeness (QED) is 0.0180. The number of carbonyl (C=O) groups is 6. The van der Waals surface area contributed by atoms with Crippen LogP contribution in [0.4, 0.5) is 0 Å². The summed E-state index contributed by atoms with van der Waals surface area (Å²) in [5.74, 6) is -3.22. The number of imide groups is 2. The number of aryl methyl sites for hydroxylation is 4. The molecule has 2 atom stereocenters. The highest BCUT2D eigenvalue weighted by Crippen LogP contribution is 2.59. The molecule has 20 heteroatoms. The molecule has 0 spiro atoms. The van der Waals surface area contributed by atoms with Crippen molar-refractivity contribution in [3.8, 4) is 80.5 Å². The summed E-state index contributed by atoms with van der Waals surface area (Å²) >= 11 is 0. The molecule has 0 bridgehead atoms. The van der Waals surface area contributed by atoms with Gasteiger partial charge in [-0.05, 0) is 144 Å². The summed E-state index contributed by atoms with van der Waals surface area (Å²) in [7, 11) is 8.08. The number of hydrogen-bond donors (Lipinski definition) is 0. The zero-order valence-electron chi connectivity index (χ0n) is 62.4. The standard InChI is InChI=1S/C86H82N2O18/c1-41(2)49-19-23-63(45(9)27-49)103-67-37-59-71-60(80(90)87(79(59)89)83(99-17)85(93)101-57-33-53(95-13)31-54(34-57)96-14)39-69(105-65-25-21-51(43(5)6)29-47(65)11)75-76-70(106-66-26-22-52(44(7)8)30-48(66)12)40-62-72-61(38-68(74(78(72)76)73(67)77(71)75)104-64-24-20-50(42(3)4)28-46(64)10)81(91)88(82(62)92)84(100-18)86(94)102-58-35-55(97-15)32-56(36-58)98-16/h19-44,83-84H,1-18H3. The third-order valence-corrected chi connectivity index (χ3v) is 19.7. The number of hydrogen-bond acceptors (Lipinski definition) is 18. The second kappa shape index (κ2) is 28.7. The lowest BCUT2D eigenvalue weighted by Gasteiger charge is -2.34. The van der Waals surface area contributed by atoms with E-state index in [1.165, 1.54) is 91.2 Å². The van der Waals surface area contributed by atoms with E-state index in [-0.39, 0.29) is 147 Å². The van der Waals surface area contributed by atoms with Crippen LogP contribution in [0.2, 0.25) is 0 Å². The molecule has 0 saturated heterocycles. The Morgan fingerprint density at radius 1 is 0.283 bits per heavy atom. The first kappa shape index (κ1) is 72.6. The van der Waals surface area contributed by atoms with E-state index in [0.717, 1.165) is 22.3 Å². The van der Waals surface area contributed by atoms with Crippen molar-refractivity contribution < 1.29 is 85.6 Å². The summed E-state index contributed by atoms with van der Waals surface area (Å²) in [6.45, 7) is 24.2. The minimum absolute atomic E-state index is 0.0181. The first-order valence-electron chi connectivity index (χ1n) is 34.9. The minimum Gasteiger partial charge on any atom is -0.496 e. The van der Waals surface area contributed by atoms with Crippen LogP contribution in [0.25, 0.3) is 43.1 Å². The first-order chi connectivity index (χ1) is 50.7. The van der Waals surface area contributed by atoms with Crippen molar-refractivity contribution in [2.45, 2.75) is 119 Å². The Kier molecular flexibility index (Phi) is 19.7. The van der Waals surface area contributed by atoms with Crippen LogP contribution in [0.3, 0.4) is 0 Å². The Morgan fingerprint density at radius 2 is 0.509 bits per heavy atom. The van der Waals surface area contributed by atoms with Crippen LogP contribution in [-0.4, -0.2) is 100 Å². The Balaban J connectivity index is 1.20. The number of nitrogens with zero attached hydrogens (tertiary/aromatic N) is 2. The van der Waals surface area contributed by atoms with Gasteiger partial charge in [-0.3, -0.25) is 19.2 Å². The lowest BCUT2D eigenvalue weighted by molar-refractivity contribution is -0.153. The van der Waals surface area contributed by atoms with E-state index in [1.54, 1.807) is 12.1 Å². The lowest BCUT2D eigenvalue weighted by Crippen LogP contribution is -2.52. The lowest BCUT2D eigenvalue weighted by atomic mass is 9.80. The van der Waals surface area contributed by atoms with Crippen LogP contribution in [0.15, 0.2) is 133 Å². The van der Waals surface area contributed by atoms with E-state index in [9.17, 15) is 9.59 Å². The Morgan fingerprint density at radius 3 is 0.708 bits per heavy atom. The third-order valence-electron chi connectivity index (χ3n) is 19.7. The average molecular weight is 1430 g/mol. The largest absolute Gasteiger partial charge is 0.496 e. The molecule has 11 aromatic carbocycles. The maximum absolute atomic E-state index is 16.3. The van der Waals surface area contributed by atoms with Gasteiger partial charge < -0.3 is 56.8 Å². The van der Waals surface area contributed by atoms with Gasteiger partial charge in [0.1, 0.15) is 80.5 Å². The van der Waals surface area contributed by atoms with E-state index in [1.807, 2.05) is 100 Å². The summed E-state index contributed by atoms with van der Waals surface area (Å²) < 4.78 is 75.2. The zero-order valence-corrected chi connectivity index (χ0v) is 62.4. The molecule has 4 amide bonds. The molecule has 13 rings (SSSR count). The van der Waals surface area contributed by atoms with Crippen molar-refractivity contribution in [1.29, 1.82) is 0 Å². The van der Waals surface area contributed by atoms with Gasteiger partial charge in [-0.1, -0.05) is 104 Å². The molecule has 0 aromatic heterocycles. The van der Waals surface area contributed by atoms with Crippen LogP contribution in [0, 0.1) is 27.7 Å². The van der Waals surface area contributed by atoms with E-state index in [2.05, 4.69) is 55.4 Å². The van der Waals surface area contributed by atoms with Gasteiger partial charge in [0, 0.05) is 93.7 Å². The van der Waals surface area contributed by atoms with Gasteiger partial charge in [-0.25, -0.2) is 19.4 Å². The molecule has 2 aliphatic heterocycles. The Hall–Kier alpha value is -11.7. The molecule has 106 heavy (non-hydrogen) atoms. The highest BCUT2D eigenvalue weighted by atomic mass is 16.6. The summed E-state index contributed by atoms with van der Waals surface area (Å²) in [5, 5.41) is 1.51. The number of fused-ring (bicyclic) bond motifs is 2. The maximum Gasteiger partial charge on any atom is 0.362 e. The molecule has 2 aliphatic rings. The topological polar surface area (TPSA) is 220 Å². The predicted octanol–water partition coefficient (Wildman–Crippen LogP) is 19.0. The summed E-state index contributed by atoms with van der Waals surface area (Å²) in [4.78, 5) is 96.4. The van der Waals surface area contributed by atoms with Gasteiger partial charge in [-0.2, -0.15) is 0 Å². The zero-order chi connectivity index (χ0) is 75.8. The fourth-order valence-electron chi connectivity index (χ4n) is 14.0. The number of esters is 2. The molecule has 0 saturated carbocycles. The number of benzene rings is 11. The molecule has 0 N–H and O–H groups in total. The van der Waals surface area contributed by atoms with Crippen LogP contribution < -0.4 is 47.4 Å². The van der Waals surface area contributed by atoms with Crippen LogP contribution in [0.1, 0.15) is 165 Å². The van der Waals surface area contributed by atoms with Gasteiger partial charge in [0.25, 0.3) is 23.6 Å². The number of carbonyl (C=O) groups excluding carboxylic acids is 6. The molecular weight excluding hydrogens is 1350 g/mol. The van der Waals surface area contributed by atoms with Crippen molar-refractivity contribution in [1.82, 2.24) is 9.80 Å². The van der Waals surface area contributed by atoms with Crippen molar-refractivity contribution in [3.63, 3.8) is 0 Å². The minimum atomic E-state index is -2.02. The van der Waals surface area contributed by atoms with Crippen molar-refractivity contribution in [3.05, 3.63) is 200 Å². The monoisotopic (exact) mass is 1430 g/mol. The highest BCUT2D eigenvalue weighted by Gasteiger charge is 2.48. The van der Waals surface area contributed by atoms with E-state index >= 15 is 19.2 Å². The molecule has 11 aromatic rings. The Bertz CT molecular complexity index is 4830. The fraction of sp³-hybridized carbons (Fsp3) is 0.279. The fourth-order valence-corrected chi connectivity index (χ4v) is 14.0. The molecule has 2 unspecified atom stereocenters. The van der Waals surface area contributed by atoms with Crippen LogP contribution >= 0.6 is 0 Å². The van der Waals surface area contributed by atoms with Crippen LogP contribution in [-0.2, 0) is 19.1 Å². The normalized spacial score (nSPS) is 13.5. The van der Waals surface area contributed by atoms with Gasteiger partial charge in [-0.15, -0.1) is 0 Å². The second-order valence-corrected chi connectivity index (χ2v) is 27.9. The van der Waals surface area contributed by atoms with Gasteiger partial charge in [0.2, 0.25) is 12.5 Å². The van der Waals surface area contributed by atoms with Crippen molar-refractivity contribution in [2.24, 2.45) is 0 Å². The van der Waals surface area contributed by atoms with E-state index < -0.39 is 48.0 Å². The summed E-state index contributed by atoms with van der Waals surface area (Å²) in [6, 6.07) is 38.1. The number of ether oxygens (including phenoxy) is 12. The SMILES string of the molecule is COc1cc(OC)cc(OC(=O)C(OC)N2C(=O)c3cc(Oc4ccc(C(C)C)cc4C)c4c5c(Oc6ccc(C(C)C)cc6C)cc6c7c(cc(Oc8ccc(C(C)C)cc8C)c(c8c(Oc9ccc(C(C)C)cc9C)cc(c3c48)C2=O)c75)C(=O)N(C(OC)C(=O)Oc2cc(OC)cc(OC)c2)C6=O)c1. The molecule has 0 radical (unpaired) electrons. The summed E-state index contributed by atoms with van der Waals surface area (Å²) in [6.07, 6.45) is -4.05. The van der Waals surface area contributed by atoms with Crippen molar-refractivity contribution in [2.75, 3.05) is 42.7 Å². The molecule has 544 valence electrons. The van der Waals surface area contributed by atoms with Crippen LogP contribution in [0.5, 0.6) is 80.5 Å². The number of methoxy groups -OCH3 is 6. The highest BCUT2D eigenvalue weighted by molar-refractivity contribution is 6.45. The third kappa shape index (κ3) is 12.9. The molecule has 2 heterocycles. The molecule has 20 nitrogen and oxygen atoms in total. The molecule has 0 fully saturated rings. The van der Waals surface area contributed by atoms with E-state index in [0.29, 0.717) is 55.1 Å². The Labute approximate surface area is 613 Å².